The van der Waals surface area contributed by atoms with Gasteiger partial charge in [-0.25, -0.2) is 4.98 Å². The Bertz CT molecular complexity index is 699. The van der Waals surface area contributed by atoms with E-state index in [9.17, 15) is 9.90 Å². The number of benzene rings is 1. The van der Waals surface area contributed by atoms with Gasteiger partial charge in [-0.3, -0.25) is 4.79 Å². The summed E-state index contributed by atoms with van der Waals surface area (Å²) in [6.07, 6.45) is 2.53. The molecule has 1 heterocycles. The molecule has 1 atom stereocenters. The normalized spacial score (nSPS) is 17.3. The van der Waals surface area contributed by atoms with Crippen LogP contribution in [0.4, 0.5) is 10.8 Å². The van der Waals surface area contributed by atoms with Gasteiger partial charge in [0, 0.05) is 15.0 Å². The Hall–Kier alpha value is -1.40. The minimum atomic E-state index is -0.771. The highest BCUT2D eigenvalue weighted by atomic mass is 79.9. The molecule has 0 radical (unpaired) electrons. The Balaban J connectivity index is 1.89. The highest BCUT2D eigenvalue weighted by molar-refractivity contribution is 9.10. The van der Waals surface area contributed by atoms with E-state index in [-0.39, 0.29) is 0 Å². The summed E-state index contributed by atoms with van der Waals surface area (Å²) in [6.45, 7) is 2.03. The minimum Gasteiger partial charge on any atom is -0.481 e. The van der Waals surface area contributed by atoms with Crippen molar-refractivity contribution in [1.82, 2.24) is 4.98 Å². The molecule has 0 saturated carbocycles. The lowest BCUT2D eigenvalue weighted by Gasteiger charge is -2.16. The zero-order chi connectivity index (χ0) is 15.0. The molecule has 6 heteroatoms. The number of thiazole rings is 1. The van der Waals surface area contributed by atoms with Gasteiger partial charge < -0.3 is 10.4 Å². The van der Waals surface area contributed by atoms with E-state index in [4.69, 9.17) is 0 Å². The first kappa shape index (κ1) is 14.5. The molecule has 3 rings (SSSR count). The van der Waals surface area contributed by atoms with Crippen molar-refractivity contribution in [3.05, 3.63) is 38.8 Å². The molecular weight excluding hydrogens is 352 g/mol. The molecule has 1 aromatic carbocycles. The highest BCUT2D eigenvalue weighted by Gasteiger charge is 2.30. The van der Waals surface area contributed by atoms with Crippen molar-refractivity contribution in [3.63, 3.8) is 0 Å². The zero-order valence-corrected chi connectivity index (χ0v) is 13.9. The smallest absolute Gasteiger partial charge is 0.312 e. The fourth-order valence-corrected chi connectivity index (χ4v) is 4.15. The van der Waals surface area contributed by atoms with Gasteiger partial charge in [-0.2, -0.15) is 0 Å². The molecule has 1 aromatic heterocycles. The number of carbonyl (C=O) groups is 1. The highest BCUT2D eigenvalue weighted by Crippen LogP contribution is 2.38. The van der Waals surface area contributed by atoms with Crippen LogP contribution in [0.2, 0.25) is 0 Å². The minimum absolute atomic E-state index is 0.452. The monoisotopic (exact) mass is 366 g/mol. The summed E-state index contributed by atoms with van der Waals surface area (Å²) < 4.78 is 1.04. The molecule has 0 fully saturated rings. The van der Waals surface area contributed by atoms with Gasteiger partial charge in [-0.15, -0.1) is 11.3 Å². The number of nitrogens with zero attached hydrogens (tertiary/aromatic N) is 1. The number of nitrogens with one attached hydrogen (secondary N) is 1. The lowest BCUT2D eigenvalue weighted by atomic mass is 9.91. The molecule has 0 saturated heterocycles. The number of carboxylic acids is 1. The molecule has 1 unspecified atom stereocenters. The maximum atomic E-state index is 11.3. The number of rotatable bonds is 3. The number of aryl methyl sites for hydroxylation is 2. The Morgan fingerprint density at radius 1 is 1.52 bits per heavy atom. The van der Waals surface area contributed by atoms with Crippen molar-refractivity contribution >= 4 is 44.1 Å². The third-order valence-electron chi connectivity index (χ3n) is 3.68. The molecule has 1 aliphatic rings. The molecule has 0 amide bonds. The van der Waals surface area contributed by atoms with Gasteiger partial charge >= 0.3 is 5.97 Å². The average Bonchev–Trinajstić information content (AvgIpc) is 2.83. The van der Waals surface area contributed by atoms with Gasteiger partial charge in [0.25, 0.3) is 0 Å². The van der Waals surface area contributed by atoms with Crippen LogP contribution in [0.25, 0.3) is 0 Å². The standard InChI is InChI=1S/C15H15BrN2O2S/c1-8-7-9(16)5-6-11(8)17-15-18-13-10(14(19)20)3-2-4-12(13)21-15/h5-7,10H,2-4H2,1H3,(H,17,18)(H,19,20). The summed E-state index contributed by atoms with van der Waals surface area (Å²) in [6, 6.07) is 6.01. The van der Waals surface area contributed by atoms with E-state index in [0.717, 1.165) is 44.3 Å². The molecule has 0 aliphatic heterocycles. The molecule has 21 heavy (non-hydrogen) atoms. The SMILES string of the molecule is Cc1cc(Br)ccc1Nc1nc2c(s1)CCCC2C(=O)O. The lowest BCUT2D eigenvalue weighted by Crippen LogP contribution is -2.17. The van der Waals surface area contributed by atoms with Crippen molar-refractivity contribution in [2.45, 2.75) is 32.1 Å². The third kappa shape index (κ3) is 2.96. The van der Waals surface area contributed by atoms with Crippen LogP contribution in [0.3, 0.4) is 0 Å². The Morgan fingerprint density at radius 3 is 3.05 bits per heavy atom. The van der Waals surface area contributed by atoms with Crippen molar-refractivity contribution < 1.29 is 9.90 Å². The maximum Gasteiger partial charge on any atom is 0.312 e. The van der Waals surface area contributed by atoms with Crippen LogP contribution in [0.1, 0.15) is 34.9 Å². The quantitative estimate of drug-likeness (QED) is 0.841. The number of aromatic nitrogens is 1. The van der Waals surface area contributed by atoms with Crippen molar-refractivity contribution in [2.24, 2.45) is 0 Å². The predicted molar refractivity (Wildman–Crippen MR) is 87.6 cm³/mol. The Labute approximate surface area is 135 Å². The molecule has 0 bridgehead atoms. The van der Waals surface area contributed by atoms with E-state index in [1.165, 1.54) is 0 Å². The molecule has 1 aliphatic carbocycles. The molecule has 0 spiro atoms. The van der Waals surface area contributed by atoms with Gasteiger partial charge in [-0.1, -0.05) is 15.9 Å². The van der Waals surface area contributed by atoms with E-state index in [0.29, 0.717) is 6.42 Å². The molecule has 110 valence electrons. The summed E-state index contributed by atoms with van der Waals surface area (Å²) in [5.41, 5.74) is 2.86. The van der Waals surface area contributed by atoms with Crippen molar-refractivity contribution in [3.8, 4) is 0 Å². The number of hydrogen-bond acceptors (Lipinski definition) is 4. The first-order chi connectivity index (χ1) is 10.0. The van der Waals surface area contributed by atoms with E-state index in [2.05, 4.69) is 26.2 Å². The van der Waals surface area contributed by atoms with Gasteiger partial charge in [0.05, 0.1) is 5.69 Å². The molecule has 4 nitrogen and oxygen atoms in total. The first-order valence-corrected chi connectivity index (χ1v) is 8.41. The number of aliphatic carboxylic acids is 1. The molecular formula is C15H15BrN2O2S. The summed E-state index contributed by atoms with van der Waals surface area (Å²) in [7, 11) is 0. The predicted octanol–water partition coefficient (Wildman–Crippen LogP) is 4.46. The van der Waals surface area contributed by atoms with Gasteiger partial charge in [0.15, 0.2) is 5.13 Å². The topological polar surface area (TPSA) is 62.2 Å². The number of fused-ring (bicyclic) bond motifs is 1. The van der Waals surface area contributed by atoms with Crippen LogP contribution in [0.15, 0.2) is 22.7 Å². The van der Waals surface area contributed by atoms with E-state index in [1.54, 1.807) is 11.3 Å². The van der Waals surface area contributed by atoms with Crippen LogP contribution in [-0.4, -0.2) is 16.1 Å². The summed E-state index contributed by atoms with van der Waals surface area (Å²) in [5, 5.41) is 13.4. The zero-order valence-electron chi connectivity index (χ0n) is 11.5. The van der Waals surface area contributed by atoms with Crippen LogP contribution < -0.4 is 5.32 Å². The number of carboxylic acid groups (broad SMARTS) is 1. The van der Waals surface area contributed by atoms with Gasteiger partial charge in [-0.05, 0) is 49.9 Å². The number of hydrogen-bond donors (Lipinski definition) is 2. The Morgan fingerprint density at radius 2 is 2.33 bits per heavy atom. The van der Waals surface area contributed by atoms with E-state index >= 15 is 0 Å². The van der Waals surface area contributed by atoms with Crippen molar-refractivity contribution in [2.75, 3.05) is 5.32 Å². The summed E-state index contributed by atoms with van der Waals surface area (Å²) >= 11 is 5.01. The second-order valence-corrected chi connectivity index (χ2v) is 7.19. The van der Waals surface area contributed by atoms with Crippen LogP contribution in [0, 0.1) is 6.92 Å². The second-order valence-electron chi connectivity index (χ2n) is 5.19. The van der Waals surface area contributed by atoms with Crippen LogP contribution >= 0.6 is 27.3 Å². The fourth-order valence-electron chi connectivity index (χ4n) is 2.59. The van der Waals surface area contributed by atoms with Crippen LogP contribution in [-0.2, 0) is 11.2 Å². The second kappa shape index (κ2) is 5.77. The van der Waals surface area contributed by atoms with Crippen LogP contribution in [0.5, 0.6) is 0 Å². The van der Waals surface area contributed by atoms with Gasteiger partial charge in [0.1, 0.15) is 5.92 Å². The molecule has 2 aromatic rings. The first-order valence-electron chi connectivity index (χ1n) is 6.80. The lowest BCUT2D eigenvalue weighted by molar-refractivity contribution is -0.139. The van der Waals surface area contributed by atoms with E-state index in [1.807, 2.05) is 25.1 Å². The third-order valence-corrected chi connectivity index (χ3v) is 5.22. The van der Waals surface area contributed by atoms with Gasteiger partial charge in [0.2, 0.25) is 0 Å². The largest absolute Gasteiger partial charge is 0.481 e. The fraction of sp³-hybridized carbons (Fsp3) is 0.333. The number of anilines is 2. The summed E-state index contributed by atoms with van der Waals surface area (Å²) in [5.74, 6) is -1.22. The molecule has 2 N–H and O–H groups in total. The Kier molecular flexibility index (Phi) is 3.99. The summed E-state index contributed by atoms with van der Waals surface area (Å²) in [4.78, 5) is 16.9. The maximum absolute atomic E-state index is 11.3. The van der Waals surface area contributed by atoms with E-state index < -0.39 is 11.9 Å². The number of halogens is 1. The van der Waals surface area contributed by atoms with Crippen molar-refractivity contribution in [1.29, 1.82) is 0 Å². The average molecular weight is 367 g/mol.